The molecule has 1 N–H and O–H groups in total. The fourth-order valence-electron chi connectivity index (χ4n) is 3.97. The van der Waals surface area contributed by atoms with Crippen LogP contribution in [0.2, 0.25) is 0 Å². The third kappa shape index (κ3) is 4.17. The van der Waals surface area contributed by atoms with Crippen molar-refractivity contribution in [1.29, 1.82) is 0 Å². The molecule has 7 heteroatoms. The molecule has 0 radical (unpaired) electrons. The molecule has 0 unspecified atom stereocenters. The summed E-state index contributed by atoms with van der Waals surface area (Å²) in [7, 11) is -3.56. The molecule has 0 bridgehead atoms. The second kappa shape index (κ2) is 8.45. The molecule has 6 nitrogen and oxygen atoms in total. The van der Waals surface area contributed by atoms with Crippen LogP contribution in [0.5, 0.6) is 5.75 Å². The van der Waals surface area contributed by atoms with Crippen LogP contribution in [0.25, 0.3) is 10.8 Å². The molecular formula is C23H23NO5S. The number of carboxylic acid groups (broad SMARTS) is 1. The molecule has 156 valence electrons. The van der Waals surface area contributed by atoms with Crippen molar-refractivity contribution in [3.8, 4) is 5.75 Å². The van der Waals surface area contributed by atoms with E-state index in [0.717, 1.165) is 29.2 Å². The standard InChI is InChI=1S/C23H23NO5S/c25-23(26)16-29-20-10-8-17(9-11-20)18-12-14-24(15-13-18)30(27,28)22-7-3-5-19-4-1-2-6-21(19)22/h1-11,18H,12-16H2,(H,25,26). The Morgan fingerprint density at radius 3 is 2.33 bits per heavy atom. The highest BCUT2D eigenvalue weighted by Crippen LogP contribution is 2.33. The summed E-state index contributed by atoms with van der Waals surface area (Å²) in [5, 5.41) is 10.4. The van der Waals surface area contributed by atoms with Gasteiger partial charge in [0.05, 0.1) is 4.90 Å². The summed E-state index contributed by atoms with van der Waals surface area (Å²) in [4.78, 5) is 11.0. The lowest BCUT2D eigenvalue weighted by atomic mass is 9.90. The summed E-state index contributed by atoms with van der Waals surface area (Å²) >= 11 is 0. The molecule has 1 heterocycles. The number of carboxylic acids is 1. The summed E-state index contributed by atoms with van der Waals surface area (Å²) in [6.07, 6.45) is 1.47. The minimum Gasteiger partial charge on any atom is -0.482 e. The zero-order chi connectivity index (χ0) is 21.1. The van der Waals surface area contributed by atoms with E-state index in [-0.39, 0.29) is 12.5 Å². The summed E-state index contributed by atoms with van der Waals surface area (Å²) in [5.41, 5.74) is 1.11. The minimum atomic E-state index is -3.56. The molecular weight excluding hydrogens is 402 g/mol. The topological polar surface area (TPSA) is 83.9 Å². The van der Waals surface area contributed by atoms with Crippen LogP contribution in [0.4, 0.5) is 0 Å². The van der Waals surface area contributed by atoms with Crippen molar-refractivity contribution >= 4 is 26.8 Å². The first-order chi connectivity index (χ1) is 14.4. The maximum Gasteiger partial charge on any atom is 0.341 e. The lowest BCUT2D eigenvalue weighted by molar-refractivity contribution is -0.139. The second-order valence-corrected chi connectivity index (χ2v) is 9.31. The SMILES string of the molecule is O=C(O)COc1ccc(C2CCN(S(=O)(=O)c3cccc4ccccc34)CC2)cc1. The predicted molar refractivity (Wildman–Crippen MR) is 114 cm³/mol. The third-order valence-electron chi connectivity index (χ3n) is 5.54. The van der Waals surface area contributed by atoms with E-state index in [4.69, 9.17) is 9.84 Å². The van der Waals surface area contributed by atoms with Crippen LogP contribution in [-0.2, 0) is 14.8 Å². The predicted octanol–water partition coefficient (Wildman–Crippen LogP) is 3.87. The minimum absolute atomic E-state index is 0.262. The van der Waals surface area contributed by atoms with Crippen molar-refractivity contribution < 1.29 is 23.1 Å². The average molecular weight is 426 g/mol. The monoisotopic (exact) mass is 425 g/mol. The van der Waals surface area contributed by atoms with Gasteiger partial charge in [-0.25, -0.2) is 13.2 Å². The van der Waals surface area contributed by atoms with Gasteiger partial charge in [0, 0.05) is 18.5 Å². The van der Waals surface area contributed by atoms with E-state index in [2.05, 4.69) is 0 Å². The number of fused-ring (bicyclic) bond motifs is 1. The van der Waals surface area contributed by atoms with Crippen molar-refractivity contribution in [1.82, 2.24) is 4.31 Å². The molecule has 1 saturated heterocycles. The molecule has 3 aromatic rings. The van der Waals surface area contributed by atoms with Gasteiger partial charge in [0.25, 0.3) is 0 Å². The number of aliphatic carboxylic acids is 1. The first-order valence-electron chi connectivity index (χ1n) is 9.87. The number of benzene rings is 3. The smallest absolute Gasteiger partial charge is 0.341 e. The quantitative estimate of drug-likeness (QED) is 0.648. The van der Waals surface area contributed by atoms with Gasteiger partial charge in [-0.1, -0.05) is 48.5 Å². The Morgan fingerprint density at radius 1 is 0.967 bits per heavy atom. The van der Waals surface area contributed by atoms with E-state index in [9.17, 15) is 13.2 Å². The van der Waals surface area contributed by atoms with Crippen molar-refractivity contribution in [2.45, 2.75) is 23.7 Å². The van der Waals surface area contributed by atoms with Gasteiger partial charge in [-0.2, -0.15) is 4.31 Å². The Hall–Kier alpha value is -2.90. The molecule has 30 heavy (non-hydrogen) atoms. The maximum atomic E-state index is 13.3. The van der Waals surface area contributed by atoms with Gasteiger partial charge < -0.3 is 9.84 Å². The Balaban J connectivity index is 1.45. The highest BCUT2D eigenvalue weighted by Gasteiger charge is 2.30. The summed E-state index contributed by atoms with van der Waals surface area (Å²) in [6.45, 7) is 0.560. The molecule has 1 fully saturated rings. The van der Waals surface area contributed by atoms with E-state index >= 15 is 0 Å². The van der Waals surface area contributed by atoms with Gasteiger partial charge in [-0.3, -0.25) is 0 Å². The third-order valence-corrected chi connectivity index (χ3v) is 7.49. The molecule has 4 rings (SSSR count). The van der Waals surface area contributed by atoms with Crippen LogP contribution in [0.1, 0.15) is 24.3 Å². The second-order valence-electron chi connectivity index (χ2n) is 7.41. The fraction of sp³-hybridized carbons (Fsp3) is 0.261. The van der Waals surface area contributed by atoms with E-state index < -0.39 is 16.0 Å². The molecule has 3 aromatic carbocycles. The molecule has 1 aliphatic heterocycles. The fourth-order valence-corrected chi connectivity index (χ4v) is 5.65. The van der Waals surface area contributed by atoms with Gasteiger partial charge >= 0.3 is 5.97 Å². The number of carbonyl (C=O) groups is 1. The number of rotatable bonds is 6. The molecule has 0 aliphatic carbocycles. The first kappa shape index (κ1) is 20.4. The van der Waals surface area contributed by atoms with E-state index in [1.165, 1.54) is 0 Å². The summed E-state index contributed by atoms with van der Waals surface area (Å²) in [6, 6.07) is 20.3. The summed E-state index contributed by atoms with van der Waals surface area (Å²) in [5.74, 6) is -0.242. The van der Waals surface area contributed by atoms with Crippen LogP contribution in [0.15, 0.2) is 71.6 Å². The number of hydrogen-bond acceptors (Lipinski definition) is 4. The maximum absolute atomic E-state index is 13.3. The normalized spacial score (nSPS) is 15.9. The summed E-state index contributed by atoms with van der Waals surface area (Å²) < 4.78 is 33.3. The van der Waals surface area contributed by atoms with Crippen molar-refractivity contribution in [2.24, 2.45) is 0 Å². The zero-order valence-corrected chi connectivity index (χ0v) is 17.2. The van der Waals surface area contributed by atoms with E-state index in [1.54, 1.807) is 28.6 Å². The Bertz CT molecular complexity index is 1140. The largest absolute Gasteiger partial charge is 0.482 e. The van der Waals surface area contributed by atoms with Crippen LogP contribution in [0.3, 0.4) is 0 Å². The van der Waals surface area contributed by atoms with Crippen LogP contribution < -0.4 is 4.74 Å². The number of nitrogens with zero attached hydrogens (tertiary/aromatic N) is 1. The number of ether oxygens (including phenoxy) is 1. The Kier molecular flexibility index (Phi) is 5.74. The van der Waals surface area contributed by atoms with Gasteiger partial charge in [0.15, 0.2) is 6.61 Å². The molecule has 0 saturated carbocycles. The molecule has 1 aliphatic rings. The zero-order valence-electron chi connectivity index (χ0n) is 16.4. The van der Waals surface area contributed by atoms with Crippen molar-refractivity contribution in [3.63, 3.8) is 0 Å². The molecule has 0 spiro atoms. The number of piperidine rings is 1. The highest BCUT2D eigenvalue weighted by atomic mass is 32.2. The Labute approximate surface area is 175 Å². The van der Waals surface area contributed by atoms with Crippen LogP contribution in [-0.4, -0.2) is 43.5 Å². The van der Waals surface area contributed by atoms with Crippen LogP contribution in [0, 0.1) is 0 Å². The van der Waals surface area contributed by atoms with Crippen molar-refractivity contribution in [2.75, 3.05) is 19.7 Å². The lowest BCUT2D eigenvalue weighted by Crippen LogP contribution is -2.38. The van der Waals surface area contributed by atoms with E-state index in [0.29, 0.717) is 23.7 Å². The number of hydrogen-bond donors (Lipinski definition) is 1. The van der Waals surface area contributed by atoms with Gasteiger partial charge in [-0.05, 0) is 47.9 Å². The van der Waals surface area contributed by atoms with Gasteiger partial charge in [0.1, 0.15) is 5.75 Å². The Morgan fingerprint density at radius 2 is 1.63 bits per heavy atom. The van der Waals surface area contributed by atoms with E-state index in [1.807, 2.05) is 42.5 Å². The van der Waals surface area contributed by atoms with Crippen LogP contribution >= 0.6 is 0 Å². The molecule has 0 atom stereocenters. The first-order valence-corrected chi connectivity index (χ1v) is 11.3. The van der Waals surface area contributed by atoms with Gasteiger partial charge in [-0.15, -0.1) is 0 Å². The lowest BCUT2D eigenvalue weighted by Gasteiger charge is -2.31. The molecule has 0 amide bonds. The average Bonchev–Trinajstić information content (AvgIpc) is 2.77. The number of sulfonamides is 1. The van der Waals surface area contributed by atoms with Crippen molar-refractivity contribution in [3.05, 3.63) is 72.3 Å². The highest BCUT2D eigenvalue weighted by molar-refractivity contribution is 7.89. The molecule has 0 aromatic heterocycles. The van der Waals surface area contributed by atoms with Gasteiger partial charge in [0.2, 0.25) is 10.0 Å².